The standard InChI is InChI=1S/C13H19N3O4S/c1-3-19-12(18)10-4-6-16(7-5-10)11(17)8-21-13-15-14-9(2)20-13/h10H,3-8H2,1-2H3. The van der Waals surface area contributed by atoms with E-state index in [1.165, 1.54) is 11.8 Å². The van der Waals surface area contributed by atoms with Crippen molar-refractivity contribution in [3.05, 3.63) is 5.89 Å². The van der Waals surface area contributed by atoms with Gasteiger partial charge in [-0.1, -0.05) is 11.8 Å². The number of carbonyl (C=O) groups is 2. The Hall–Kier alpha value is -1.57. The van der Waals surface area contributed by atoms with Gasteiger partial charge < -0.3 is 14.1 Å². The Kier molecular flexibility index (Phi) is 5.60. The molecule has 1 aliphatic rings. The summed E-state index contributed by atoms with van der Waals surface area (Å²) in [5.41, 5.74) is 0. The van der Waals surface area contributed by atoms with Gasteiger partial charge in [0.1, 0.15) is 0 Å². The van der Waals surface area contributed by atoms with E-state index in [4.69, 9.17) is 9.15 Å². The van der Waals surface area contributed by atoms with Gasteiger partial charge >= 0.3 is 5.97 Å². The zero-order valence-electron chi connectivity index (χ0n) is 12.2. The molecule has 1 fully saturated rings. The van der Waals surface area contributed by atoms with Crippen molar-refractivity contribution < 1.29 is 18.7 Å². The Balaban J connectivity index is 1.74. The van der Waals surface area contributed by atoms with Crippen LogP contribution < -0.4 is 0 Å². The van der Waals surface area contributed by atoms with Crippen LogP contribution in [0.3, 0.4) is 0 Å². The Bertz CT molecular complexity index is 497. The van der Waals surface area contributed by atoms with Crippen molar-refractivity contribution in [2.45, 2.75) is 31.9 Å². The number of nitrogens with zero attached hydrogens (tertiary/aromatic N) is 3. The molecule has 1 aromatic heterocycles. The Morgan fingerprint density at radius 1 is 1.38 bits per heavy atom. The molecule has 1 saturated heterocycles. The molecule has 0 aliphatic carbocycles. The molecule has 1 amide bonds. The molecule has 0 spiro atoms. The van der Waals surface area contributed by atoms with Crippen LogP contribution in [-0.4, -0.2) is 52.4 Å². The number of rotatable bonds is 5. The minimum atomic E-state index is -0.152. The molecule has 0 saturated carbocycles. The van der Waals surface area contributed by atoms with E-state index in [2.05, 4.69) is 10.2 Å². The van der Waals surface area contributed by atoms with Crippen molar-refractivity contribution in [3.8, 4) is 0 Å². The molecule has 21 heavy (non-hydrogen) atoms. The normalized spacial score (nSPS) is 16.0. The van der Waals surface area contributed by atoms with Crippen molar-refractivity contribution in [3.63, 3.8) is 0 Å². The van der Waals surface area contributed by atoms with E-state index in [1.807, 2.05) is 0 Å². The summed E-state index contributed by atoms with van der Waals surface area (Å²) in [6.45, 7) is 5.09. The van der Waals surface area contributed by atoms with Crippen LogP contribution in [-0.2, 0) is 14.3 Å². The van der Waals surface area contributed by atoms with Crippen LogP contribution >= 0.6 is 11.8 Å². The molecule has 0 N–H and O–H groups in total. The summed E-state index contributed by atoms with van der Waals surface area (Å²) in [5.74, 6) is 0.546. The van der Waals surface area contributed by atoms with E-state index >= 15 is 0 Å². The van der Waals surface area contributed by atoms with Crippen LogP contribution in [0, 0.1) is 12.8 Å². The second-order valence-corrected chi connectivity index (χ2v) is 5.71. The number of hydrogen-bond acceptors (Lipinski definition) is 7. The van der Waals surface area contributed by atoms with Gasteiger partial charge in [-0.3, -0.25) is 9.59 Å². The number of ether oxygens (including phenoxy) is 1. The number of amides is 1. The lowest BCUT2D eigenvalue weighted by atomic mass is 9.97. The van der Waals surface area contributed by atoms with Gasteiger partial charge in [0.25, 0.3) is 5.22 Å². The summed E-state index contributed by atoms with van der Waals surface area (Å²) in [4.78, 5) is 25.5. The number of carbonyl (C=O) groups excluding carboxylic acids is 2. The van der Waals surface area contributed by atoms with Gasteiger partial charge in [0.15, 0.2) is 0 Å². The fourth-order valence-corrected chi connectivity index (χ4v) is 2.88. The van der Waals surface area contributed by atoms with Gasteiger partial charge in [0.05, 0.1) is 18.3 Å². The summed E-state index contributed by atoms with van der Waals surface area (Å²) in [7, 11) is 0. The van der Waals surface area contributed by atoms with E-state index < -0.39 is 0 Å². The van der Waals surface area contributed by atoms with Gasteiger partial charge in [0.2, 0.25) is 11.8 Å². The van der Waals surface area contributed by atoms with E-state index in [9.17, 15) is 9.59 Å². The third-order valence-corrected chi connectivity index (χ3v) is 4.10. The van der Waals surface area contributed by atoms with E-state index in [-0.39, 0.29) is 23.5 Å². The molecule has 0 bridgehead atoms. The molecule has 7 nitrogen and oxygen atoms in total. The molecule has 2 rings (SSSR count). The van der Waals surface area contributed by atoms with Crippen molar-refractivity contribution >= 4 is 23.6 Å². The van der Waals surface area contributed by atoms with Crippen LogP contribution in [0.1, 0.15) is 25.7 Å². The molecule has 1 aromatic rings. The lowest BCUT2D eigenvalue weighted by molar-refractivity contribution is -0.151. The number of aromatic nitrogens is 2. The van der Waals surface area contributed by atoms with Crippen molar-refractivity contribution in [2.75, 3.05) is 25.4 Å². The highest BCUT2D eigenvalue weighted by molar-refractivity contribution is 7.99. The van der Waals surface area contributed by atoms with Gasteiger partial charge in [0, 0.05) is 20.0 Å². The second-order valence-electron chi connectivity index (χ2n) is 4.78. The highest BCUT2D eigenvalue weighted by atomic mass is 32.2. The van der Waals surface area contributed by atoms with Crippen LogP contribution in [0.2, 0.25) is 0 Å². The maximum atomic E-state index is 12.1. The Morgan fingerprint density at radius 2 is 2.10 bits per heavy atom. The fraction of sp³-hybridized carbons (Fsp3) is 0.692. The van der Waals surface area contributed by atoms with E-state index in [1.54, 1.807) is 18.7 Å². The predicted octanol–water partition coefficient (Wildman–Crippen LogP) is 1.27. The summed E-state index contributed by atoms with van der Waals surface area (Å²) in [5, 5.41) is 7.95. The van der Waals surface area contributed by atoms with Crippen LogP contribution in [0.4, 0.5) is 0 Å². The molecule has 116 valence electrons. The first-order valence-electron chi connectivity index (χ1n) is 6.97. The number of esters is 1. The van der Waals surface area contributed by atoms with Gasteiger partial charge in [-0.2, -0.15) is 0 Å². The van der Waals surface area contributed by atoms with Crippen LogP contribution in [0.25, 0.3) is 0 Å². The summed E-state index contributed by atoms with van der Waals surface area (Å²) in [6, 6.07) is 0. The molecule has 8 heteroatoms. The smallest absolute Gasteiger partial charge is 0.309 e. The summed E-state index contributed by atoms with van der Waals surface area (Å²) in [6.07, 6.45) is 1.32. The first kappa shape index (κ1) is 15.8. The fourth-order valence-electron chi connectivity index (χ4n) is 2.18. The molecular weight excluding hydrogens is 294 g/mol. The number of aryl methyl sites for hydroxylation is 1. The van der Waals surface area contributed by atoms with E-state index in [0.29, 0.717) is 43.7 Å². The lowest BCUT2D eigenvalue weighted by Gasteiger charge is -2.30. The van der Waals surface area contributed by atoms with Crippen LogP contribution in [0.15, 0.2) is 9.64 Å². The summed E-state index contributed by atoms with van der Waals surface area (Å²) >= 11 is 1.24. The number of thioether (sulfide) groups is 1. The zero-order valence-corrected chi connectivity index (χ0v) is 13.0. The monoisotopic (exact) mass is 313 g/mol. The van der Waals surface area contributed by atoms with Gasteiger partial charge in [-0.15, -0.1) is 10.2 Å². The number of piperidine rings is 1. The first-order chi connectivity index (χ1) is 10.1. The maximum absolute atomic E-state index is 12.1. The molecule has 0 aromatic carbocycles. The highest BCUT2D eigenvalue weighted by Crippen LogP contribution is 2.21. The molecule has 1 aliphatic heterocycles. The average molecular weight is 313 g/mol. The quantitative estimate of drug-likeness (QED) is 0.597. The number of hydrogen-bond donors (Lipinski definition) is 0. The summed E-state index contributed by atoms with van der Waals surface area (Å²) < 4.78 is 10.2. The van der Waals surface area contributed by atoms with E-state index in [0.717, 1.165) is 0 Å². The van der Waals surface area contributed by atoms with Crippen molar-refractivity contribution in [1.82, 2.24) is 15.1 Å². The number of likely N-dealkylation sites (tertiary alicyclic amines) is 1. The lowest BCUT2D eigenvalue weighted by Crippen LogP contribution is -2.41. The van der Waals surface area contributed by atoms with Crippen molar-refractivity contribution in [2.24, 2.45) is 5.92 Å². The van der Waals surface area contributed by atoms with Crippen molar-refractivity contribution in [1.29, 1.82) is 0 Å². The topological polar surface area (TPSA) is 85.5 Å². The zero-order chi connectivity index (χ0) is 15.2. The first-order valence-corrected chi connectivity index (χ1v) is 7.96. The molecule has 2 heterocycles. The third kappa shape index (κ3) is 4.45. The SMILES string of the molecule is CCOC(=O)C1CCN(C(=O)CSc2nnc(C)o2)CC1. The molecular formula is C13H19N3O4S. The minimum absolute atomic E-state index is 0.0261. The van der Waals surface area contributed by atoms with Gasteiger partial charge in [-0.05, 0) is 19.8 Å². The van der Waals surface area contributed by atoms with Crippen LogP contribution in [0.5, 0.6) is 0 Å². The maximum Gasteiger partial charge on any atom is 0.309 e. The third-order valence-electron chi connectivity index (χ3n) is 3.29. The largest absolute Gasteiger partial charge is 0.466 e. The Labute approximate surface area is 127 Å². The second kappa shape index (κ2) is 7.44. The highest BCUT2D eigenvalue weighted by Gasteiger charge is 2.28. The average Bonchev–Trinajstić information content (AvgIpc) is 2.91. The minimum Gasteiger partial charge on any atom is -0.466 e. The molecule has 0 radical (unpaired) electrons. The van der Waals surface area contributed by atoms with Gasteiger partial charge in [-0.25, -0.2) is 0 Å². The Morgan fingerprint density at radius 3 is 2.67 bits per heavy atom. The molecule has 0 atom stereocenters. The molecule has 0 unspecified atom stereocenters. The predicted molar refractivity (Wildman–Crippen MR) is 75.7 cm³/mol.